The molecule has 0 spiro atoms. The molecule has 0 radical (unpaired) electrons. The summed E-state index contributed by atoms with van der Waals surface area (Å²) in [6.45, 7) is 1.11. The molecule has 3 N–H and O–H groups in total. The summed E-state index contributed by atoms with van der Waals surface area (Å²) in [4.78, 5) is 38.6. The van der Waals surface area contributed by atoms with Crippen molar-refractivity contribution in [3.05, 3.63) is 35.8 Å². The van der Waals surface area contributed by atoms with Crippen molar-refractivity contribution in [1.29, 1.82) is 0 Å². The first-order valence-electron chi connectivity index (χ1n) is 11.4. The number of fused-ring (bicyclic) bond motifs is 1. The first kappa shape index (κ1) is 21.9. The van der Waals surface area contributed by atoms with E-state index in [1.165, 1.54) is 10.9 Å². The normalized spacial score (nSPS) is 19.5. The number of rotatable bonds is 4. The van der Waals surface area contributed by atoms with Crippen molar-refractivity contribution < 1.29 is 19.1 Å². The van der Waals surface area contributed by atoms with Gasteiger partial charge in [-0.2, -0.15) is 10.2 Å². The highest BCUT2D eigenvalue weighted by molar-refractivity contribution is 6.03. The summed E-state index contributed by atoms with van der Waals surface area (Å²) in [5.74, 6) is -0.467. The van der Waals surface area contributed by atoms with E-state index in [4.69, 9.17) is 10.5 Å². The fourth-order valence-corrected chi connectivity index (χ4v) is 4.86. The number of hydrogen-bond donors (Lipinski definition) is 2. The van der Waals surface area contributed by atoms with E-state index in [-0.39, 0.29) is 23.8 Å². The van der Waals surface area contributed by atoms with Crippen LogP contribution in [-0.2, 0) is 23.7 Å². The number of piperidine rings is 2. The van der Waals surface area contributed by atoms with Gasteiger partial charge < -0.3 is 15.4 Å². The first-order chi connectivity index (χ1) is 16.3. The van der Waals surface area contributed by atoms with E-state index in [9.17, 15) is 14.4 Å². The number of benzene rings is 1. The number of nitrogens with two attached hydrogens (primary N) is 1. The van der Waals surface area contributed by atoms with Gasteiger partial charge in [0.1, 0.15) is 23.1 Å². The summed E-state index contributed by atoms with van der Waals surface area (Å²) in [7, 11) is 3.53. The molecule has 2 fully saturated rings. The number of ether oxygens (including phenoxy) is 1. The Morgan fingerprint density at radius 1 is 1.15 bits per heavy atom. The number of nitrogens with one attached hydrogen (secondary N) is 1. The van der Waals surface area contributed by atoms with Gasteiger partial charge in [0.05, 0.1) is 23.5 Å². The zero-order chi connectivity index (χ0) is 24.0. The van der Waals surface area contributed by atoms with Crippen LogP contribution in [-0.4, -0.2) is 61.4 Å². The topological polar surface area (TPSA) is 137 Å². The maximum absolute atomic E-state index is 12.9. The average Bonchev–Trinajstić information content (AvgIpc) is 3.33. The van der Waals surface area contributed by atoms with Crippen molar-refractivity contribution in [2.45, 2.75) is 37.7 Å². The fourth-order valence-electron chi connectivity index (χ4n) is 4.86. The maximum Gasteiger partial charge on any atom is 0.274 e. The number of hydrogen-bond acceptors (Lipinski definition) is 7. The zero-order valence-electron chi connectivity index (χ0n) is 19.2. The van der Waals surface area contributed by atoms with Crippen molar-refractivity contribution in [1.82, 2.24) is 29.8 Å². The number of aromatic nitrogens is 4. The number of imide groups is 1. The van der Waals surface area contributed by atoms with Crippen LogP contribution in [0.25, 0.3) is 10.9 Å². The van der Waals surface area contributed by atoms with E-state index in [1.807, 2.05) is 25.2 Å². The van der Waals surface area contributed by atoms with Crippen LogP contribution in [0.4, 0.5) is 5.69 Å². The Kier molecular flexibility index (Phi) is 5.46. The number of carbonyl (C=O) groups is 3. The van der Waals surface area contributed by atoms with E-state index in [1.54, 1.807) is 16.6 Å². The lowest BCUT2D eigenvalue weighted by Crippen LogP contribution is -2.42. The van der Waals surface area contributed by atoms with Gasteiger partial charge in [-0.3, -0.25) is 29.1 Å². The van der Waals surface area contributed by atoms with Crippen LogP contribution in [0.15, 0.2) is 24.4 Å². The van der Waals surface area contributed by atoms with Gasteiger partial charge in [-0.05, 0) is 12.5 Å². The molecule has 11 nitrogen and oxygen atoms in total. The summed E-state index contributed by atoms with van der Waals surface area (Å²) < 4.78 is 9.60. The van der Waals surface area contributed by atoms with Crippen LogP contribution in [0.3, 0.4) is 0 Å². The third-order valence-electron chi connectivity index (χ3n) is 6.62. The number of amides is 3. The number of likely N-dealkylation sites (tertiary alicyclic amines) is 1. The van der Waals surface area contributed by atoms with Gasteiger partial charge in [-0.25, -0.2) is 0 Å². The van der Waals surface area contributed by atoms with Crippen molar-refractivity contribution in [3.63, 3.8) is 0 Å². The van der Waals surface area contributed by atoms with Crippen molar-refractivity contribution in [2.75, 3.05) is 18.8 Å². The Bertz CT molecular complexity index is 1270. The van der Waals surface area contributed by atoms with E-state index in [2.05, 4.69) is 15.5 Å². The molecule has 3 aromatic rings. The number of aryl methyl sites for hydroxylation is 2. The molecule has 34 heavy (non-hydrogen) atoms. The molecule has 2 saturated heterocycles. The third kappa shape index (κ3) is 3.76. The standard InChI is InChI=1S/C23H27N7O4/c1-28-21(16(24)12-25-28)23(33)30-10-8-13(9-11-30)34-17-5-3-4-14-19(27-29(2)20(14)17)15-6-7-18(31)26-22(15)32/h3-5,12-13,15H,6-11,24H2,1-2H3,(H,26,31,32). The number of anilines is 1. The summed E-state index contributed by atoms with van der Waals surface area (Å²) in [6.07, 6.45) is 3.52. The van der Waals surface area contributed by atoms with Gasteiger partial charge in [0, 0.05) is 51.8 Å². The quantitative estimate of drug-likeness (QED) is 0.550. The lowest BCUT2D eigenvalue weighted by molar-refractivity contribution is -0.134. The minimum Gasteiger partial charge on any atom is -0.488 e. The van der Waals surface area contributed by atoms with Crippen LogP contribution in [0.2, 0.25) is 0 Å². The Labute approximate surface area is 195 Å². The Morgan fingerprint density at radius 2 is 1.91 bits per heavy atom. The highest BCUT2D eigenvalue weighted by atomic mass is 16.5. The predicted octanol–water partition coefficient (Wildman–Crippen LogP) is 1.09. The molecular weight excluding hydrogens is 438 g/mol. The summed E-state index contributed by atoms with van der Waals surface area (Å²) in [5.41, 5.74) is 8.15. The molecule has 178 valence electrons. The molecule has 2 aliphatic rings. The fraction of sp³-hybridized carbons (Fsp3) is 0.435. The molecule has 1 atom stereocenters. The second-order valence-electron chi connectivity index (χ2n) is 8.85. The molecule has 11 heteroatoms. The summed E-state index contributed by atoms with van der Waals surface area (Å²) >= 11 is 0. The van der Waals surface area contributed by atoms with Crippen LogP contribution in [0.5, 0.6) is 5.75 Å². The molecule has 5 rings (SSSR count). The molecule has 1 unspecified atom stereocenters. The molecule has 0 bridgehead atoms. The van der Waals surface area contributed by atoms with E-state index < -0.39 is 5.92 Å². The summed E-state index contributed by atoms with van der Waals surface area (Å²) in [6, 6.07) is 5.71. The number of carbonyl (C=O) groups excluding carboxylic acids is 3. The molecule has 4 heterocycles. The second kappa shape index (κ2) is 8.47. The molecule has 3 amide bonds. The second-order valence-corrected chi connectivity index (χ2v) is 8.85. The highest BCUT2D eigenvalue weighted by Gasteiger charge is 2.33. The van der Waals surface area contributed by atoms with Gasteiger partial charge >= 0.3 is 0 Å². The monoisotopic (exact) mass is 465 g/mol. The number of para-hydroxylation sites is 1. The van der Waals surface area contributed by atoms with Gasteiger partial charge in [0.2, 0.25) is 11.8 Å². The van der Waals surface area contributed by atoms with Crippen molar-refractivity contribution in [3.8, 4) is 5.75 Å². The van der Waals surface area contributed by atoms with Crippen LogP contribution in [0.1, 0.15) is 47.8 Å². The molecular formula is C23H27N7O4. The van der Waals surface area contributed by atoms with Gasteiger partial charge in [-0.1, -0.05) is 12.1 Å². The molecule has 2 aromatic heterocycles. The molecule has 1 aromatic carbocycles. The van der Waals surface area contributed by atoms with E-state index in [0.717, 1.165) is 10.9 Å². The lowest BCUT2D eigenvalue weighted by atomic mass is 9.93. The van der Waals surface area contributed by atoms with Crippen LogP contribution >= 0.6 is 0 Å². The largest absolute Gasteiger partial charge is 0.488 e. The van der Waals surface area contributed by atoms with Crippen molar-refractivity contribution >= 4 is 34.3 Å². The average molecular weight is 466 g/mol. The Morgan fingerprint density at radius 3 is 2.59 bits per heavy atom. The Balaban J connectivity index is 1.31. The van der Waals surface area contributed by atoms with Crippen LogP contribution in [0, 0.1) is 0 Å². The predicted molar refractivity (Wildman–Crippen MR) is 123 cm³/mol. The molecule has 2 aliphatic heterocycles. The minimum absolute atomic E-state index is 0.0625. The number of nitrogens with zero attached hydrogens (tertiary/aromatic N) is 5. The van der Waals surface area contributed by atoms with Crippen molar-refractivity contribution in [2.24, 2.45) is 14.1 Å². The molecule has 0 saturated carbocycles. The maximum atomic E-state index is 12.9. The minimum atomic E-state index is -0.467. The van der Waals surface area contributed by atoms with Gasteiger partial charge in [0.25, 0.3) is 5.91 Å². The smallest absolute Gasteiger partial charge is 0.274 e. The first-order valence-corrected chi connectivity index (χ1v) is 11.4. The third-order valence-corrected chi connectivity index (χ3v) is 6.62. The highest BCUT2D eigenvalue weighted by Crippen LogP contribution is 2.35. The van der Waals surface area contributed by atoms with E-state index in [0.29, 0.717) is 61.6 Å². The SMILES string of the molecule is Cn1ncc(N)c1C(=O)N1CCC(Oc2cccc3c(C4CCC(=O)NC4=O)nn(C)c23)CC1. The molecule has 0 aliphatic carbocycles. The lowest BCUT2D eigenvalue weighted by Gasteiger charge is -2.32. The zero-order valence-corrected chi connectivity index (χ0v) is 19.2. The van der Waals surface area contributed by atoms with Gasteiger partial charge in [-0.15, -0.1) is 0 Å². The number of nitrogen functional groups attached to an aromatic ring is 1. The summed E-state index contributed by atoms with van der Waals surface area (Å²) in [5, 5.41) is 11.9. The van der Waals surface area contributed by atoms with Crippen LogP contribution < -0.4 is 15.8 Å². The van der Waals surface area contributed by atoms with Gasteiger partial charge in [0.15, 0.2) is 0 Å². The Hall–Kier alpha value is -3.89. The van der Waals surface area contributed by atoms with E-state index >= 15 is 0 Å².